The van der Waals surface area contributed by atoms with Gasteiger partial charge in [-0.05, 0) is 62.4 Å². The number of benzene rings is 1. The lowest BCUT2D eigenvalue weighted by Crippen LogP contribution is -2.31. The van der Waals surface area contributed by atoms with Crippen molar-refractivity contribution in [1.29, 1.82) is 0 Å². The van der Waals surface area contributed by atoms with Crippen molar-refractivity contribution in [3.63, 3.8) is 0 Å². The van der Waals surface area contributed by atoms with Crippen molar-refractivity contribution in [3.05, 3.63) is 33.8 Å². The zero-order valence-corrected chi connectivity index (χ0v) is 14.3. The van der Waals surface area contributed by atoms with Gasteiger partial charge in [0.2, 0.25) is 0 Å². The molecule has 4 heteroatoms. The molecule has 0 N–H and O–H groups in total. The van der Waals surface area contributed by atoms with Gasteiger partial charge >= 0.3 is 0 Å². The molecule has 1 aliphatic rings. The molecule has 2 rings (SSSR count). The minimum absolute atomic E-state index is 0.0830. The van der Waals surface area contributed by atoms with Crippen molar-refractivity contribution < 1.29 is 4.79 Å². The Balaban J connectivity index is 1.96. The quantitative estimate of drug-likeness (QED) is 0.730. The minimum atomic E-state index is 0.0830. The SMILES string of the molecule is CC(C)C1CCCN(CC(=O)c2ccc(Cl)cc2Cl)CC1. The first kappa shape index (κ1) is 16.8. The Labute approximate surface area is 137 Å². The molecule has 0 amide bonds. The van der Waals surface area contributed by atoms with E-state index in [9.17, 15) is 4.79 Å². The first-order valence-electron chi connectivity index (χ1n) is 7.68. The highest BCUT2D eigenvalue weighted by Gasteiger charge is 2.21. The maximum Gasteiger partial charge on any atom is 0.178 e. The van der Waals surface area contributed by atoms with E-state index in [1.54, 1.807) is 18.2 Å². The van der Waals surface area contributed by atoms with Crippen LogP contribution in [0.2, 0.25) is 10.0 Å². The molecular weight excluding hydrogens is 305 g/mol. The van der Waals surface area contributed by atoms with Gasteiger partial charge in [0.05, 0.1) is 11.6 Å². The van der Waals surface area contributed by atoms with Crippen LogP contribution < -0.4 is 0 Å². The van der Waals surface area contributed by atoms with E-state index < -0.39 is 0 Å². The molecule has 0 radical (unpaired) electrons. The topological polar surface area (TPSA) is 20.3 Å². The van der Waals surface area contributed by atoms with Gasteiger partial charge in [0.1, 0.15) is 0 Å². The summed E-state index contributed by atoms with van der Waals surface area (Å²) in [5.74, 6) is 1.59. The maximum atomic E-state index is 12.4. The Bertz CT molecular complexity index is 502. The molecule has 0 aromatic heterocycles. The number of rotatable bonds is 4. The zero-order chi connectivity index (χ0) is 15.4. The van der Waals surface area contributed by atoms with Crippen LogP contribution in [0, 0.1) is 11.8 Å². The highest BCUT2D eigenvalue weighted by atomic mass is 35.5. The number of carbonyl (C=O) groups is 1. The van der Waals surface area contributed by atoms with E-state index in [-0.39, 0.29) is 5.78 Å². The Morgan fingerprint density at radius 2 is 2.05 bits per heavy atom. The first-order valence-corrected chi connectivity index (χ1v) is 8.43. The average molecular weight is 328 g/mol. The number of likely N-dealkylation sites (tertiary alicyclic amines) is 1. The Hall–Kier alpha value is -0.570. The lowest BCUT2D eigenvalue weighted by atomic mass is 9.89. The van der Waals surface area contributed by atoms with Crippen LogP contribution in [0.5, 0.6) is 0 Å². The third-order valence-corrected chi connectivity index (χ3v) is 4.95. The summed E-state index contributed by atoms with van der Waals surface area (Å²) in [5.41, 5.74) is 0.575. The summed E-state index contributed by atoms with van der Waals surface area (Å²) in [6.07, 6.45) is 3.62. The number of ketones is 1. The van der Waals surface area contributed by atoms with Gasteiger partial charge in [-0.2, -0.15) is 0 Å². The zero-order valence-electron chi connectivity index (χ0n) is 12.7. The van der Waals surface area contributed by atoms with Crippen LogP contribution in [0.4, 0.5) is 0 Å². The fourth-order valence-electron chi connectivity index (χ4n) is 3.01. The van der Waals surface area contributed by atoms with E-state index in [1.807, 2.05) is 0 Å². The van der Waals surface area contributed by atoms with Crippen molar-refractivity contribution in [1.82, 2.24) is 4.90 Å². The largest absolute Gasteiger partial charge is 0.296 e. The van der Waals surface area contributed by atoms with E-state index in [1.165, 1.54) is 19.3 Å². The molecule has 116 valence electrons. The van der Waals surface area contributed by atoms with E-state index in [0.717, 1.165) is 24.9 Å². The van der Waals surface area contributed by atoms with Gasteiger partial charge < -0.3 is 0 Å². The smallest absolute Gasteiger partial charge is 0.178 e. The Morgan fingerprint density at radius 3 is 2.71 bits per heavy atom. The summed E-state index contributed by atoms with van der Waals surface area (Å²) < 4.78 is 0. The number of carbonyl (C=O) groups excluding carboxylic acids is 1. The fourth-order valence-corrected chi connectivity index (χ4v) is 3.52. The molecule has 1 heterocycles. The van der Waals surface area contributed by atoms with Crippen molar-refractivity contribution in [2.45, 2.75) is 33.1 Å². The molecule has 1 aromatic carbocycles. The molecule has 1 aromatic rings. The molecule has 1 aliphatic heterocycles. The molecule has 0 saturated carbocycles. The molecule has 1 saturated heterocycles. The van der Waals surface area contributed by atoms with Crippen LogP contribution in [0.1, 0.15) is 43.5 Å². The first-order chi connectivity index (χ1) is 9.97. The summed E-state index contributed by atoms with van der Waals surface area (Å²) in [4.78, 5) is 14.7. The van der Waals surface area contributed by atoms with Crippen molar-refractivity contribution in [3.8, 4) is 0 Å². The highest BCUT2D eigenvalue weighted by molar-refractivity contribution is 6.36. The van der Waals surface area contributed by atoms with Gasteiger partial charge in [-0.3, -0.25) is 9.69 Å². The number of nitrogens with zero attached hydrogens (tertiary/aromatic N) is 1. The predicted octanol–water partition coefficient (Wildman–Crippen LogP) is 4.93. The van der Waals surface area contributed by atoms with Crippen molar-refractivity contribution in [2.75, 3.05) is 19.6 Å². The average Bonchev–Trinajstić information content (AvgIpc) is 2.64. The highest BCUT2D eigenvalue weighted by Crippen LogP contribution is 2.25. The van der Waals surface area contributed by atoms with Gasteiger partial charge in [-0.25, -0.2) is 0 Å². The standard InChI is InChI=1S/C17H23Cl2NO/c1-12(2)13-4-3-8-20(9-7-13)11-17(21)15-6-5-14(18)10-16(15)19/h5-6,10,12-13H,3-4,7-9,11H2,1-2H3. The third kappa shape index (κ3) is 4.70. The van der Waals surface area contributed by atoms with E-state index >= 15 is 0 Å². The number of Topliss-reactive ketones (excluding diaryl/α,β-unsaturated/α-hetero) is 1. The van der Waals surface area contributed by atoms with E-state index in [0.29, 0.717) is 22.2 Å². The number of halogens is 2. The van der Waals surface area contributed by atoms with Crippen LogP contribution in [0.15, 0.2) is 18.2 Å². The molecule has 1 atom stereocenters. The summed E-state index contributed by atoms with van der Waals surface area (Å²) in [5, 5.41) is 1.01. The van der Waals surface area contributed by atoms with Crippen LogP contribution in [0.25, 0.3) is 0 Å². The molecule has 21 heavy (non-hydrogen) atoms. The van der Waals surface area contributed by atoms with Gasteiger partial charge in [-0.15, -0.1) is 0 Å². The number of hydrogen-bond donors (Lipinski definition) is 0. The van der Waals surface area contributed by atoms with Gasteiger partial charge in [-0.1, -0.05) is 37.0 Å². The minimum Gasteiger partial charge on any atom is -0.296 e. The molecule has 0 bridgehead atoms. The second kappa shape index (κ2) is 7.62. The normalized spacial score (nSPS) is 20.5. The van der Waals surface area contributed by atoms with Gasteiger partial charge in [0, 0.05) is 10.6 Å². The molecular formula is C17H23Cl2NO. The Morgan fingerprint density at radius 1 is 1.29 bits per heavy atom. The van der Waals surface area contributed by atoms with Crippen LogP contribution in [0.3, 0.4) is 0 Å². The summed E-state index contributed by atoms with van der Waals surface area (Å²) in [7, 11) is 0. The second-order valence-corrected chi connectivity index (χ2v) is 7.10. The van der Waals surface area contributed by atoms with Crippen LogP contribution in [-0.2, 0) is 0 Å². The third-order valence-electron chi connectivity index (χ3n) is 4.41. The molecule has 1 unspecified atom stereocenters. The monoisotopic (exact) mass is 327 g/mol. The van der Waals surface area contributed by atoms with Gasteiger partial charge in [0.25, 0.3) is 0 Å². The van der Waals surface area contributed by atoms with Crippen molar-refractivity contribution in [2.24, 2.45) is 11.8 Å². The molecule has 2 nitrogen and oxygen atoms in total. The summed E-state index contributed by atoms with van der Waals surface area (Å²) in [6, 6.07) is 5.08. The summed E-state index contributed by atoms with van der Waals surface area (Å²) in [6.45, 7) is 7.03. The summed E-state index contributed by atoms with van der Waals surface area (Å²) >= 11 is 12.0. The lowest BCUT2D eigenvalue weighted by Gasteiger charge is -2.20. The number of hydrogen-bond acceptors (Lipinski definition) is 2. The van der Waals surface area contributed by atoms with Crippen molar-refractivity contribution >= 4 is 29.0 Å². The van der Waals surface area contributed by atoms with Gasteiger partial charge in [0.15, 0.2) is 5.78 Å². The second-order valence-electron chi connectivity index (χ2n) is 6.26. The Kier molecular flexibility index (Phi) is 6.09. The molecule has 0 aliphatic carbocycles. The molecule has 0 spiro atoms. The van der Waals surface area contributed by atoms with E-state index in [2.05, 4.69) is 18.7 Å². The van der Waals surface area contributed by atoms with Crippen LogP contribution >= 0.6 is 23.2 Å². The predicted molar refractivity (Wildman–Crippen MR) is 89.4 cm³/mol. The maximum absolute atomic E-state index is 12.4. The molecule has 1 fully saturated rings. The van der Waals surface area contributed by atoms with Crippen LogP contribution in [-0.4, -0.2) is 30.3 Å². The lowest BCUT2D eigenvalue weighted by molar-refractivity contribution is 0.0932. The fraction of sp³-hybridized carbons (Fsp3) is 0.588. The van der Waals surface area contributed by atoms with E-state index in [4.69, 9.17) is 23.2 Å².